The SMILES string of the molecule is c1ccc(-c2cc(-c3ccc(-c4nc(-c5ccc(-c6ccc7ccccc7c6)cc5)c5sc6ccccc6c5n4)cc3)c3c(c2)oc2cc4ccccc4cc23)cc1. The molecule has 270 valence electrons. The molecular weight excluding hydrogens is 725 g/mol. The molecule has 3 aromatic heterocycles. The van der Waals surface area contributed by atoms with Crippen LogP contribution in [0.1, 0.15) is 0 Å². The Labute approximate surface area is 338 Å². The first kappa shape index (κ1) is 32.8. The molecule has 4 heteroatoms. The van der Waals surface area contributed by atoms with Crippen LogP contribution in [-0.4, -0.2) is 9.97 Å². The highest BCUT2D eigenvalue weighted by Crippen LogP contribution is 2.43. The fraction of sp³-hybridized carbons (Fsp3) is 0. The lowest BCUT2D eigenvalue weighted by Gasteiger charge is -2.11. The number of furan rings is 1. The molecule has 0 spiro atoms. The van der Waals surface area contributed by atoms with Crippen molar-refractivity contribution in [3.05, 3.63) is 194 Å². The second kappa shape index (κ2) is 13.1. The molecule has 0 saturated carbocycles. The molecule has 0 fully saturated rings. The first-order chi connectivity index (χ1) is 28.7. The molecule has 0 radical (unpaired) electrons. The van der Waals surface area contributed by atoms with Crippen molar-refractivity contribution in [3.63, 3.8) is 0 Å². The number of aromatic nitrogens is 2. The van der Waals surface area contributed by atoms with Gasteiger partial charge in [-0.25, -0.2) is 9.97 Å². The molecule has 0 atom stereocenters. The van der Waals surface area contributed by atoms with E-state index in [4.69, 9.17) is 14.4 Å². The van der Waals surface area contributed by atoms with E-state index in [0.717, 1.165) is 76.6 Å². The summed E-state index contributed by atoms with van der Waals surface area (Å²) in [6, 6.07) is 69.2. The highest BCUT2D eigenvalue weighted by molar-refractivity contribution is 7.26. The van der Waals surface area contributed by atoms with Crippen molar-refractivity contribution in [2.45, 2.75) is 0 Å². The number of fused-ring (bicyclic) bond motifs is 8. The van der Waals surface area contributed by atoms with Gasteiger partial charge in [0.15, 0.2) is 5.82 Å². The van der Waals surface area contributed by atoms with Crippen molar-refractivity contribution in [3.8, 4) is 56.0 Å². The van der Waals surface area contributed by atoms with Gasteiger partial charge in [0.05, 0.1) is 15.9 Å². The van der Waals surface area contributed by atoms with E-state index in [1.54, 1.807) is 11.3 Å². The van der Waals surface area contributed by atoms with Crippen molar-refractivity contribution in [1.82, 2.24) is 9.97 Å². The third kappa shape index (κ3) is 5.42. The molecule has 0 aliphatic rings. The fourth-order valence-electron chi connectivity index (χ4n) is 8.52. The minimum atomic E-state index is 0.708. The van der Waals surface area contributed by atoms with Gasteiger partial charge in [0.25, 0.3) is 0 Å². The maximum absolute atomic E-state index is 6.63. The second-order valence-electron chi connectivity index (χ2n) is 14.9. The topological polar surface area (TPSA) is 38.9 Å². The predicted molar refractivity (Wildman–Crippen MR) is 244 cm³/mol. The number of nitrogens with zero attached hydrogens (tertiary/aromatic N) is 2. The smallest absolute Gasteiger partial charge is 0.160 e. The molecular formula is C54H32N2OS. The summed E-state index contributed by atoms with van der Waals surface area (Å²) in [4.78, 5) is 10.6. The van der Waals surface area contributed by atoms with Crippen LogP contribution >= 0.6 is 11.3 Å². The third-order valence-corrected chi connectivity index (χ3v) is 12.6. The normalized spacial score (nSPS) is 11.8. The lowest BCUT2D eigenvalue weighted by atomic mass is 9.93. The van der Waals surface area contributed by atoms with Gasteiger partial charge < -0.3 is 4.42 Å². The molecule has 0 aliphatic heterocycles. The van der Waals surface area contributed by atoms with E-state index >= 15 is 0 Å². The van der Waals surface area contributed by atoms with Crippen molar-refractivity contribution in [1.29, 1.82) is 0 Å². The van der Waals surface area contributed by atoms with Crippen LogP contribution in [0.25, 0.3) is 120 Å². The van der Waals surface area contributed by atoms with Crippen LogP contribution in [0.5, 0.6) is 0 Å². The number of thiophene rings is 1. The molecule has 9 aromatic carbocycles. The van der Waals surface area contributed by atoms with Gasteiger partial charge in [-0.05, 0) is 91.3 Å². The minimum Gasteiger partial charge on any atom is -0.456 e. The molecule has 0 unspecified atom stereocenters. The van der Waals surface area contributed by atoms with Crippen molar-refractivity contribution in [2.75, 3.05) is 0 Å². The van der Waals surface area contributed by atoms with Gasteiger partial charge in [0.2, 0.25) is 0 Å². The Balaban J connectivity index is 0.992. The van der Waals surface area contributed by atoms with Crippen molar-refractivity contribution in [2.24, 2.45) is 0 Å². The zero-order valence-electron chi connectivity index (χ0n) is 31.2. The third-order valence-electron chi connectivity index (χ3n) is 11.5. The number of benzene rings is 9. The average Bonchev–Trinajstić information content (AvgIpc) is 3.85. The summed E-state index contributed by atoms with van der Waals surface area (Å²) in [5.74, 6) is 0.708. The number of hydrogen-bond acceptors (Lipinski definition) is 4. The zero-order valence-corrected chi connectivity index (χ0v) is 32.0. The van der Waals surface area contributed by atoms with Crippen LogP contribution in [0.3, 0.4) is 0 Å². The minimum absolute atomic E-state index is 0.708. The maximum atomic E-state index is 6.63. The lowest BCUT2D eigenvalue weighted by molar-refractivity contribution is 0.669. The lowest BCUT2D eigenvalue weighted by Crippen LogP contribution is -1.94. The Morgan fingerprint density at radius 3 is 1.81 bits per heavy atom. The largest absolute Gasteiger partial charge is 0.456 e. The van der Waals surface area contributed by atoms with E-state index in [-0.39, 0.29) is 0 Å². The van der Waals surface area contributed by atoms with Gasteiger partial charge in [-0.3, -0.25) is 0 Å². The van der Waals surface area contributed by atoms with E-state index in [1.165, 1.54) is 37.4 Å². The van der Waals surface area contributed by atoms with E-state index in [0.29, 0.717) is 5.82 Å². The Morgan fingerprint density at radius 1 is 0.379 bits per heavy atom. The Kier molecular flexibility index (Phi) is 7.40. The standard InChI is InChI=1S/C54H32N2OS/c1-2-10-33(11-3-1)43-30-45(50-46-29-40-14-6-7-15-41(40)31-47(46)57-48(50)32-43)36-21-25-38(26-22-36)54-55-51(53-52(56-54)44-16-8-9-17-49(44)58-53)37-23-18-35(19-24-37)42-27-20-34-12-4-5-13-39(34)28-42/h1-32H. The van der Waals surface area contributed by atoms with Gasteiger partial charge in [0, 0.05) is 32.0 Å². The highest BCUT2D eigenvalue weighted by Gasteiger charge is 2.19. The number of hydrogen-bond donors (Lipinski definition) is 0. The summed E-state index contributed by atoms with van der Waals surface area (Å²) in [7, 11) is 0. The molecule has 12 rings (SSSR count). The van der Waals surface area contributed by atoms with Crippen LogP contribution in [0.4, 0.5) is 0 Å². The Morgan fingerprint density at radius 2 is 1.00 bits per heavy atom. The van der Waals surface area contributed by atoms with E-state index in [9.17, 15) is 0 Å². The first-order valence-electron chi connectivity index (χ1n) is 19.5. The van der Waals surface area contributed by atoms with Gasteiger partial charge in [-0.15, -0.1) is 11.3 Å². The monoisotopic (exact) mass is 756 g/mol. The molecule has 0 bridgehead atoms. The summed E-state index contributed by atoms with van der Waals surface area (Å²) in [6.07, 6.45) is 0. The van der Waals surface area contributed by atoms with E-state index < -0.39 is 0 Å². The summed E-state index contributed by atoms with van der Waals surface area (Å²) in [5.41, 5.74) is 12.6. The van der Waals surface area contributed by atoms with E-state index in [2.05, 4.69) is 194 Å². The van der Waals surface area contributed by atoms with Gasteiger partial charge in [-0.2, -0.15) is 0 Å². The Bertz CT molecular complexity index is 3550. The molecule has 12 aromatic rings. The van der Waals surface area contributed by atoms with Crippen LogP contribution in [0.15, 0.2) is 199 Å². The average molecular weight is 757 g/mol. The molecule has 3 heterocycles. The quantitative estimate of drug-likeness (QED) is 0.176. The summed E-state index contributed by atoms with van der Waals surface area (Å²) in [6.45, 7) is 0. The van der Waals surface area contributed by atoms with Gasteiger partial charge >= 0.3 is 0 Å². The molecule has 58 heavy (non-hydrogen) atoms. The van der Waals surface area contributed by atoms with Crippen LogP contribution < -0.4 is 0 Å². The predicted octanol–water partition coefficient (Wildman–Crippen LogP) is 15.4. The number of rotatable bonds is 5. The molecule has 3 nitrogen and oxygen atoms in total. The molecule has 0 N–H and O–H groups in total. The van der Waals surface area contributed by atoms with Crippen LogP contribution in [0, 0.1) is 0 Å². The molecule has 0 aliphatic carbocycles. The molecule has 0 amide bonds. The van der Waals surface area contributed by atoms with Crippen molar-refractivity contribution >= 4 is 75.1 Å². The summed E-state index contributed by atoms with van der Waals surface area (Å²) in [5, 5.41) is 8.22. The first-order valence-corrected chi connectivity index (χ1v) is 20.4. The zero-order chi connectivity index (χ0) is 38.2. The van der Waals surface area contributed by atoms with Crippen LogP contribution in [0.2, 0.25) is 0 Å². The van der Waals surface area contributed by atoms with Crippen molar-refractivity contribution < 1.29 is 4.42 Å². The summed E-state index contributed by atoms with van der Waals surface area (Å²) >= 11 is 1.76. The fourth-order valence-corrected chi connectivity index (χ4v) is 9.67. The van der Waals surface area contributed by atoms with Crippen LogP contribution in [-0.2, 0) is 0 Å². The second-order valence-corrected chi connectivity index (χ2v) is 16.0. The van der Waals surface area contributed by atoms with E-state index in [1.807, 2.05) is 0 Å². The Hall–Kier alpha value is -7.40. The van der Waals surface area contributed by atoms with Gasteiger partial charge in [0.1, 0.15) is 11.2 Å². The molecule has 0 saturated heterocycles. The summed E-state index contributed by atoms with van der Waals surface area (Å²) < 4.78 is 8.93. The van der Waals surface area contributed by atoms with Gasteiger partial charge in [-0.1, -0.05) is 158 Å². The highest BCUT2D eigenvalue weighted by atomic mass is 32.1. The maximum Gasteiger partial charge on any atom is 0.160 e.